The first kappa shape index (κ1) is 21.3. The molecule has 4 aliphatic carbocycles. The van der Waals surface area contributed by atoms with Gasteiger partial charge in [0.15, 0.2) is 0 Å². The Kier molecular flexibility index (Phi) is 5.63. The molecule has 0 saturated heterocycles. The second-order valence-corrected chi connectivity index (χ2v) is 11.4. The van der Waals surface area contributed by atoms with Crippen LogP contribution in [0, 0.1) is 46.3 Å². The lowest BCUT2D eigenvalue weighted by atomic mass is 9.44. The monoisotopic (exact) mass is 404 g/mol. The summed E-state index contributed by atoms with van der Waals surface area (Å²) in [5, 5.41) is 11.1. The molecule has 4 heteroatoms. The van der Waals surface area contributed by atoms with Gasteiger partial charge >= 0.3 is 5.97 Å². The Bertz CT molecular complexity index is 659. The van der Waals surface area contributed by atoms with Crippen LogP contribution >= 0.6 is 0 Å². The molecular weight excluding hydrogens is 364 g/mol. The minimum Gasteiger partial charge on any atom is -0.469 e. The molecule has 0 aromatic heterocycles. The number of esters is 1. The van der Waals surface area contributed by atoms with E-state index in [0.29, 0.717) is 60.1 Å². The fraction of sp³-hybridized carbons (Fsp3) is 0.920. The molecule has 4 nitrogen and oxygen atoms in total. The van der Waals surface area contributed by atoms with Crippen LogP contribution in [0.15, 0.2) is 0 Å². The van der Waals surface area contributed by atoms with E-state index in [1.165, 1.54) is 32.8 Å². The normalized spacial score (nSPS) is 47.7. The van der Waals surface area contributed by atoms with Crippen molar-refractivity contribution in [2.75, 3.05) is 7.11 Å². The second kappa shape index (κ2) is 7.66. The molecule has 0 aromatic carbocycles. The molecule has 4 fully saturated rings. The molecule has 164 valence electrons. The molecule has 0 spiro atoms. The molecular formula is C25H40O4. The Labute approximate surface area is 176 Å². The van der Waals surface area contributed by atoms with Crippen LogP contribution in [0.5, 0.6) is 0 Å². The molecule has 0 heterocycles. The number of aliphatic hydroxyl groups excluding tert-OH is 1. The summed E-state index contributed by atoms with van der Waals surface area (Å²) in [6.07, 6.45) is 9.30. The quantitative estimate of drug-likeness (QED) is 0.685. The maximum atomic E-state index is 12.1. The van der Waals surface area contributed by atoms with Gasteiger partial charge in [-0.3, -0.25) is 9.59 Å². The lowest BCUT2D eigenvalue weighted by Crippen LogP contribution is -2.58. The van der Waals surface area contributed by atoms with Gasteiger partial charge in [0.1, 0.15) is 5.78 Å². The standard InChI is InChI=1S/C25H40O4/c1-15(5-8-23(28)29-4)18-6-7-19-17-14-22(27)21-13-16(26)9-11-25(21,3)20(17)10-12-24(18,19)2/h15,17-22,27H,5-14H2,1-4H3/t15-,17+,18-,19+,20+,21?,22?,24-,25-/m1/s1. The first-order valence-corrected chi connectivity index (χ1v) is 12.0. The van der Waals surface area contributed by atoms with Gasteiger partial charge < -0.3 is 9.84 Å². The van der Waals surface area contributed by atoms with Crippen LogP contribution in [0.25, 0.3) is 0 Å². The average Bonchev–Trinajstić information content (AvgIpc) is 3.05. The zero-order valence-corrected chi connectivity index (χ0v) is 18.8. The van der Waals surface area contributed by atoms with Crippen molar-refractivity contribution >= 4 is 11.8 Å². The van der Waals surface area contributed by atoms with E-state index in [0.717, 1.165) is 19.3 Å². The molecule has 0 aliphatic heterocycles. The van der Waals surface area contributed by atoms with Gasteiger partial charge in [0.05, 0.1) is 13.2 Å². The van der Waals surface area contributed by atoms with E-state index in [-0.39, 0.29) is 23.4 Å². The fourth-order valence-electron chi connectivity index (χ4n) is 8.71. The second-order valence-electron chi connectivity index (χ2n) is 11.4. The third-order valence-corrected chi connectivity index (χ3v) is 10.3. The van der Waals surface area contributed by atoms with Crippen LogP contribution < -0.4 is 0 Å². The maximum absolute atomic E-state index is 12.1. The van der Waals surface area contributed by atoms with Crippen molar-refractivity contribution < 1.29 is 19.4 Å². The summed E-state index contributed by atoms with van der Waals surface area (Å²) < 4.78 is 4.86. The number of methoxy groups -OCH3 is 1. The molecule has 1 N–H and O–H groups in total. The minimum atomic E-state index is -0.316. The maximum Gasteiger partial charge on any atom is 0.305 e. The van der Waals surface area contributed by atoms with Gasteiger partial charge in [-0.2, -0.15) is 0 Å². The Morgan fingerprint density at radius 2 is 1.86 bits per heavy atom. The number of Topliss-reactive ketones (excluding diaryl/α,β-unsaturated/α-hetero) is 1. The van der Waals surface area contributed by atoms with Crippen LogP contribution in [0.2, 0.25) is 0 Å². The SMILES string of the molecule is COC(=O)CC[C@@H](C)[C@H]1CC[C@H]2[C@@H]3CC(O)C4CC(=O)CC[C@]4(C)[C@H]3CC[C@]12C. The highest BCUT2D eigenvalue weighted by molar-refractivity contribution is 5.79. The van der Waals surface area contributed by atoms with Crippen LogP contribution in [0.3, 0.4) is 0 Å². The van der Waals surface area contributed by atoms with E-state index in [4.69, 9.17) is 4.74 Å². The number of carbonyl (C=O) groups is 2. The smallest absolute Gasteiger partial charge is 0.305 e. The molecule has 2 unspecified atom stereocenters. The number of rotatable bonds is 4. The summed E-state index contributed by atoms with van der Waals surface area (Å²) in [5.74, 6) is 3.55. The predicted molar refractivity (Wildman–Crippen MR) is 112 cm³/mol. The average molecular weight is 405 g/mol. The van der Waals surface area contributed by atoms with Gasteiger partial charge in [-0.25, -0.2) is 0 Å². The zero-order valence-electron chi connectivity index (χ0n) is 18.8. The highest BCUT2D eigenvalue weighted by Gasteiger charge is 2.62. The van der Waals surface area contributed by atoms with E-state index in [2.05, 4.69) is 20.8 Å². The minimum absolute atomic E-state index is 0.0959. The largest absolute Gasteiger partial charge is 0.469 e. The summed E-state index contributed by atoms with van der Waals surface area (Å²) in [7, 11) is 1.47. The third-order valence-electron chi connectivity index (χ3n) is 10.3. The number of ketones is 1. The first-order chi connectivity index (χ1) is 13.7. The van der Waals surface area contributed by atoms with Gasteiger partial charge in [0.25, 0.3) is 0 Å². The Balaban J connectivity index is 1.52. The van der Waals surface area contributed by atoms with Gasteiger partial charge in [-0.05, 0) is 91.3 Å². The van der Waals surface area contributed by atoms with E-state index in [1.54, 1.807) is 0 Å². The molecule has 29 heavy (non-hydrogen) atoms. The first-order valence-electron chi connectivity index (χ1n) is 12.0. The lowest BCUT2D eigenvalue weighted by molar-refractivity contribution is -0.166. The van der Waals surface area contributed by atoms with Crippen molar-refractivity contribution in [3.8, 4) is 0 Å². The summed E-state index contributed by atoms with van der Waals surface area (Å²) in [5.41, 5.74) is 0.455. The molecule has 4 aliphatic rings. The lowest BCUT2D eigenvalue weighted by Gasteiger charge is -2.61. The van der Waals surface area contributed by atoms with Gasteiger partial charge in [0, 0.05) is 19.3 Å². The summed E-state index contributed by atoms with van der Waals surface area (Å²) in [6.45, 7) is 7.22. The van der Waals surface area contributed by atoms with Gasteiger partial charge in [-0.1, -0.05) is 20.8 Å². The summed E-state index contributed by atoms with van der Waals surface area (Å²) in [6, 6.07) is 0. The summed E-state index contributed by atoms with van der Waals surface area (Å²) >= 11 is 0. The molecule has 0 bridgehead atoms. The molecule has 0 amide bonds. The highest BCUT2D eigenvalue weighted by atomic mass is 16.5. The number of hydrogen-bond acceptors (Lipinski definition) is 4. The Morgan fingerprint density at radius 1 is 1.14 bits per heavy atom. The molecule has 4 saturated carbocycles. The molecule has 9 atom stereocenters. The topological polar surface area (TPSA) is 63.6 Å². The van der Waals surface area contributed by atoms with Gasteiger partial charge in [-0.15, -0.1) is 0 Å². The number of carbonyl (C=O) groups excluding carboxylic acids is 2. The Hall–Kier alpha value is -0.900. The number of hydrogen-bond donors (Lipinski definition) is 1. The molecule has 0 aromatic rings. The van der Waals surface area contributed by atoms with Crippen LogP contribution in [-0.2, 0) is 14.3 Å². The predicted octanol–water partition coefficient (Wildman–Crippen LogP) is 4.77. The Morgan fingerprint density at radius 3 is 2.59 bits per heavy atom. The van der Waals surface area contributed by atoms with E-state index in [1.807, 2.05) is 0 Å². The van der Waals surface area contributed by atoms with Crippen molar-refractivity contribution in [2.24, 2.45) is 46.3 Å². The molecule has 4 rings (SSSR count). The van der Waals surface area contributed by atoms with Crippen LogP contribution in [0.1, 0.15) is 85.0 Å². The third kappa shape index (κ3) is 3.38. The number of aliphatic hydroxyl groups is 1. The van der Waals surface area contributed by atoms with Crippen LogP contribution in [0.4, 0.5) is 0 Å². The van der Waals surface area contributed by atoms with Gasteiger partial charge in [0.2, 0.25) is 0 Å². The van der Waals surface area contributed by atoms with Crippen molar-refractivity contribution in [3.63, 3.8) is 0 Å². The zero-order chi connectivity index (χ0) is 21.0. The fourth-order valence-corrected chi connectivity index (χ4v) is 8.71. The number of fused-ring (bicyclic) bond motifs is 5. The van der Waals surface area contributed by atoms with E-state index in [9.17, 15) is 14.7 Å². The van der Waals surface area contributed by atoms with E-state index < -0.39 is 0 Å². The van der Waals surface area contributed by atoms with Crippen molar-refractivity contribution in [1.82, 2.24) is 0 Å². The number of ether oxygens (including phenoxy) is 1. The van der Waals surface area contributed by atoms with Crippen molar-refractivity contribution in [1.29, 1.82) is 0 Å². The van der Waals surface area contributed by atoms with Crippen LogP contribution in [-0.4, -0.2) is 30.1 Å². The summed E-state index contributed by atoms with van der Waals surface area (Å²) in [4.78, 5) is 23.7. The van der Waals surface area contributed by atoms with Crippen molar-refractivity contribution in [2.45, 2.75) is 91.1 Å². The molecule has 0 radical (unpaired) electrons. The van der Waals surface area contributed by atoms with E-state index >= 15 is 0 Å². The van der Waals surface area contributed by atoms with Crippen molar-refractivity contribution in [3.05, 3.63) is 0 Å². The highest BCUT2D eigenvalue weighted by Crippen LogP contribution is 2.68.